The molecule has 2 aromatic carbocycles. The number of nitrogens with one attached hydrogen (secondary N) is 1. The number of sulfonamides is 1. The Balaban J connectivity index is 2.10. The van der Waals surface area contributed by atoms with Gasteiger partial charge in [0.25, 0.3) is 10.0 Å². The summed E-state index contributed by atoms with van der Waals surface area (Å²) in [6.07, 6.45) is 0.625. The molecule has 0 atom stereocenters. The fourth-order valence-corrected chi connectivity index (χ4v) is 4.00. The normalized spacial score (nSPS) is 11.2. The molecule has 0 spiro atoms. The smallest absolute Gasteiger partial charge is 0.261 e. The first kappa shape index (κ1) is 19.8. The van der Waals surface area contributed by atoms with Gasteiger partial charge in [0.1, 0.15) is 0 Å². The maximum Gasteiger partial charge on any atom is 0.261 e. The Morgan fingerprint density at radius 2 is 1.64 bits per heavy atom. The number of carbonyl (C=O) groups excluding carboxylic acids is 1. The summed E-state index contributed by atoms with van der Waals surface area (Å²) in [5.74, 6) is -0.269. The number of hydrogen-bond donors (Lipinski definition) is 1. The highest BCUT2D eigenvalue weighted by atomic mass is 32.2. The summed E-state index contributed by atoms with van der Waals surface area (Å²) in [4.78, 5) is 17.7. The van der Waals surface area contributed by atoms with E-state index in [-0.39, 0.29) is 21.9 Å². The van der Waals surface area contributed by atoms with Crippen LogP contribution in [0.2, 0.25) is 0 Å². The number of rotatable bonds is 6. The summed E-state index contributed by atoms with van der Waals surface area (Å²) < 4.78 is 28.4. The van der Waals surface area contributed by atoms with E-state index in [1.165, 1.54) is 0 Å². The van der Waals surface area contributed by atoms with Crippen LogP contribution >= 0.6 is 0 Å². The molecule has 1 aromatic heterocycles. The van der Waals surface area contributed by atoms with Gasteiger partial charge in [-0.1, -0.05) is 55.0 Å². The second-order valence-electron chi connectivity index (χ2n) is 6.59. The van der Waals surface area contributed by atoms with Crippen LogP contribution in [0.25, 0.3) is 0 Å². The fraction of sp³-hybridized carbons (Fsp3) is 0.182. The van der Waals surface area contributed by atoms with E-state index in [0.29, 0.717) is 23.4 Å². The maximum absolute atomic E-state index is 13.1. The molecular weight excluding hydrogens is 372 g/mol. The van der Waals surface area contributed by atoms with Crippen molar-refractivity contribution >= 4 is 21.5 Å². The van der Waals surface area contributed by atoms with Gasteiger partial charge in [-0.05, 0) is 38.5 Å². The minimum Gasteiger partial charge on any atom is -0.288 e. The van der Waals surface area contributed by atoms with Gasteiger partial charge in [0.05, 0.1) is 21.8 Å². The lowest BCUT2D eigenvalue weighted by atomic mass is 10.00. The van der Waals surface area contributed by atoms with Crippen molar-refractivity contribution in [2.24, 2.45) is 0 Å². The molecule has 28 heavy (non-hydrogen) atoms. The Hall–Kier alpha value is -2.99. The molecule has 0 aliphatic carbocycles. The highest BCUT2D eigenvalue weighted by Gasteiger charge is 2.23. The van der Waals surface area contributed by atoms with Crippen LogP contribution in [0.1, 0.15) is 39.8 Å². The molecule has 6 heteroatoms. The molecule has 3 aromatic rings. The third-order valence-electron chi connectivity index (χ3n) is 4.45. The molecule has 1 heterocycles. The molecule has 0 unspecified atom stereocenters. The third kappa shape index (κ3) is 4.12. The molecule has 1 N–H and O–H groups in total. The summed E-state index contributed by atoms with van der Waals surface area (Å²) in [5.41, 5.74) is 3.16. The van der Waals surface area contributed by atoms with E-state index >= 15 is 0 Å². The Bertz CT molecular complexity index is 1110. The van der Waals surface area contributed by atoms with Crippen molar-refractivity contribution in [1.82, 2.24) is 4.98 Å². The average Bonchev–Trinajstić information content (AvgIpc) is 2.68. The largest absolute Gasteiger partial charge is 0.288 e. The molecule has 3 rings (SSSR count). The number of carbonyl (C=O) groups is 1. The Morgan fingerprint density at radius 3 is 2.25 bits per heavy atom. The second-order valence-corrected chi connectivity index (χ2v) is 8.27. The molecular formula is C22H22N2O3S. The van der Waals surface area contributed by atoms with Crippen LogP contribution in [0.15, 0.2) is 65.6 Å². The zero-order valence-corrected chi connectivity index (χ0v) is 16.9. The molecule has 0 aliphatic heterocycles. The summed E-state index contributed by atoms with van der Waals surface area (Å²) >= 11 is 0. The number of aromatic nitrogens is 1. The number of benzene rings is 2. The predicted molar refractivity (Wildman–Crippen MR) is 110 cm³/mol. The topological polar surface area (TPSA) is 76.1 Å². The summed E-state index contributed by atoms with van der Waals surface area (Å²) in [6.45, 7) is 5.54. The van der Waals surface area contributed by atoms with E-state index < -0.39 is 10.0 Å². The first-order chi connectivity index (χ1) is 13.3. The van der Waals surface area contributed by atoms with Crippen LogP contribution in [-0.4, -0.2) is 19.2 Å². The number of anilines is 1. The van der Waals surface area contributed by atoms with Crippen molar-refractivity contribution < 1.29 is 13.2 Å². The molecule has 0 amide bonds. The van der Waals surface area contributed by atoms with E-state index in [0.717, 1.165) is 5.56 Å². The van der Waals surface area contributed by atoms with Crippen molar-refractivity contribution in [3.05, 3.63) is 88.7 Å². The van der Waals surface area contributed by atoms with E-state index in [1.54, 1.807) is 61.5 Å². The van der Waals surface area contributed by atoms with Crippen molar-refractivity contribution in [3.63, 3.8) is 0 Å². The Kier molecular flexibility index (Phi) is 5.61. The van der Waals surface area contributed by atoms with Crippen LogP contribution in [-0.2, 0) is 16.4 Å². The molecule has 0 saturated carbocycles. The van der Waals surface area contributed by atoms with Gasteiger partial charge in [-0.2, -0.15) is 0 Å². The maximum atomic E-state index is 13.1. The fourth-order valence-electron chi connectivity index (χ4n) is 2.94. The van der Waals surface area contributed by atoms with E-state index in [1.807, 2.05) is 19.9 Å². The number of aryl methyl sites for hydroxylation is 3. The molecule has 0 radical (unpaired) electrons. The van der Waals surface area contributed by atoms with Gasteiger partial charge in [-0.3, -0.25) is 14.5 Å². The highest BCUT2D eigenvalue weighted by molar-refractivity contribution is 7.92. The summed E-state index contributed by atoms with van der Waals surface area (Å²) in [5, 5.41) is 0. The molecule has 0 saturated heterocycles. The minimum absolute atomic E-state index is 0.142. The average molecular weight is 394 g/mol. The standard InChI is InChI=1S/C22H22N2O3S/c1-4-18-14-20(24-28(26,27)19-12-10-15(2)11-13-19)21(16(3)23-18)22(25)17-8-6-5-7-9-17/h5-14H,4H2,1-3H3,(H,23,24). The van der Waals surface area contributed by atoms with Gasteiger partial charge in [0.15, 0.2) is 5.78 Å². The first-order valence-electron chi connectivity index (χ1n) is 9.01. The third-order valence-corrected chi connectivity index (χ3v) is 5.84. The lowest BCUT2D eigenvalue weighted by Gasteiger charge is -2.15. The number of nitrogens with zero attached hydrogens (tertiary/aromatic N) is 1. The monoisotopic (exact) mass is 394 g/mol. The Labute approximate surface area is 165 Å². The van der Waals surface area contributed by atoms with E-state index in [9.17, 15) is 13.2 Å². The molecule has 0 aliphatic rings. The van der Waals surface area contributed by atoms with E-state index in [4.69, 9.17) is 0 Å². The van der Waals surface area contributed by atoms with Gasteiger partial charge < -0.3 is 0 Å². The van der Waals surface area contributed by atoms with Gasteiger partial charge in [-0.15, -0.1) is 0 Å². The van der Waals surface area contributed by atoms with Crippen LogP contribution in [0.5, 0.6) is 0 Å². The van der Waals surface area contributed by atoms with Gasteiger partial charge in [-0.25, -0.2) is 8.42 Å². The zero-order valence-electron chi connectivity index (χ0n) is 16.1. The van der Waals surface area contributed by atoms with Crippen molar-refractivity contribution in [2.45, 2.75) is 32.1 Å². The van der Waals surface area contributed by atoms with Gasteiger partial charge >= 0.3 is 0 Å². The van der Waals surface area contributed by atoms with Gasteiger partial charge in [0, 0.05) is 11.3 Å². The molecule has 5 nitrogen and oxygen atoms in total. The van der Waals surface area contributed by atoms with Crippen LogP contribution in [0, 0.1) is 13.8 Å². The van der Waals surface area contributed by atoms with Gasteiger partial charge in [0.2, 0.25) is 0 Å². The van der Waals surface area contributed by atoms with Crippen molar-refractivity contribution in [1.29, 1.82) is 0 Å². The lowest BCUT2D eigenvalue weighted by Crippen LogP contribution is -2.18. The molecule has 0 fully saturated rings. The first-order valence-corrected chi connectivity index (χ1v) is 10.5. The number of pyridine rings is 1. The highest BCUT2D eigenvalue weighted by Crippen LogP contribution is 2.26. The molecule has 0 bridgehead atoms. The van der Waals surface area contributed by atoms with Crippen LogP contribution in [0.4, 0.5) is 5.69 Å². The van der Waals surface area contributed by atoms with Crippen LogP contribution < -0.4 is 4.72 Å². The number of ketones is 1. The van der Waals surface area contributed by atoms with Crippen molar-refractivity contribution in [2.75, 3.05) is 4.72 Å². The SMILES string of the molecule is CCc1cc(NS(=O)(=O)c2ccc(C)cc2)c(C(=O)c2ccccc2)c(C)n1. The molecule has 144 valence electrons. The quantitative estimate of drug-likeness (QED) is 0.633. The van der Waals surface area contributed by atoms with E-state index in [2.05, 4.69) is 9.71 Å². The lowest BCUT2D eigenvalue weighted by molar-refractivity contribution is 0.103. The number of hydrogen-bond acceptors (Lipinski definition) is 4. The van der Waals surface area contributed by atoms with Crippen LogP contribution in [0.3, 0.4) is 0 Å². The van der Waals surface area contributed by atoms with Crippen molar-refractivity contribution in [3.8, 4) is 0 Å². The summed E-state index contributed by atoms with van der Waals surface area (Å²) in [7, 11) is -3.84. The zero-order chi connectivity index (χ0) is 20.3. The second kappa shape index (κ2) is 7.94. The Morgan fingerprint density at radius 1 is 1.00 bits per heavy atom. The minimum atomic E-state index is -3.84. The predicted octanol–water partition coefficient (Wildman–Crippen LogP) is 4.29. The summed E-state index contributed by atoms with van der Waals surface area (Å²) in [6, 6.07) is 17.0.